The Balaban J connectivity index is 1.85. The lowest BCUT2D eigenvalue weighted by molar-refractivity contribution is -0.115. The molecule has 9 heteroatoms. The van der Waals surface area contributed by atoms with Gasteiger partial charge in [-0.2, -0.15) is 0 Å². The largest absolute Gasteiger partial charge is 0.342 e. The van der Waals surface area contributed by atoms with Crippen LogP contribution in [0.2, 0.25) is 0 Å². The van der Waals surface area contributed by atoms with Crippen LogP contribution in [0.1, 0.15) is 16.6 Å². The zero-order chi connectivity index (χ0) is 18.2. The van der Waals surface area contributed by atoms with Crippen LogP contribution in [0.5, 0.6) is 0 Å². The summed E-state index contributed by atoms with van der Waals surface area (Å²) in [5.41, 5.74) is 1.07. The number of hydrogen-bond donors (Lipinski definition) is 4. The standard InChI is InChI=1S/C16H17BrN4O3S/c1-2-18-16(24)21-11-5-3-4-10(8-11)20-14(22)9-19-15(23)12-6-7-13(17)25-12/h3-8H,2,9H2,1H3,(H,19,23)(H,20,22)(H2,18,21,24). The first-order valence-electron chi connectivity index (χ1n) is 7.46. The average Bonchev–Trinajstić information content (AvgIpc) is 3.00. The molecule has 0 aliphatic heterocycles. The van der Waals surface area contributed by atoms with Crippen molar-refractivity contribution in [2.24, 2.45) is 0 Å². The van der Waals surface area contributed by atoms with Crippen LogP contribution >= 0.6 is 27.3 Å². The second-order valence-corrected chi connectivity index (χ2v) is 7.36. The smallest absolute Gasteiger partial charge is 0.319 e. The molecule has 1 aromatic heterocycles. The Morgan fingerprint density at radius 1 is 1.04 bits per heavy atom. The van der Waals surface area contributed by atoms with Gasteiger partial charge in [-0.25, -0.2) is 4.79 Å². The third-order valence-electron chi connectivity index (χ3n) is 2.95. The van der Waals surface area contributed by atoms with Gasteiger partial charge >= 0.3 is 6.03 Å². The van der Waals surface area contributed by atoms with E-state index in [0.29, 0.717) is 22.8 Å². The van der Waals surface area contributed by atoms with Crippen molar-refractivity contribution in [1.82, 2.24) is 10.6 Å². The van der Waals surface area contributed by atoms with Crippen LogP contribution in [0.3, 0.4) is 0 Å². The topological polar surface area (TPSA) is 99.3 Å². The van der Waals surface area contributed by atoms with Crippen LogP contribution in [0.25, 0.3) is 0 Å². The van der Waals surface area contributed by atoms with Crippen LogP contribution in [-0.4, -0.2) is 30.9 Å². The minimum atomic E-state index is -0.362. The molecule has 7 nitrogen and oxygen atoms in total. The van der Waals surface area contributed by atoms with Crippen LogP contribution in [0.4, 0.5) is 16.2 Å². The van der Waals surface area contributed by atoms with E-state index in [1.807, 2.05) is 6.92 Å². The van der Waals surface area contributed by atoms with Crippen molar-refractivity contribution < 1.29 is 14.4 Å². The van der Waals surface area contributed by atoms with E-state index in [0.717, 1.165) is 3.79 Å². The molecule has 0 fully saturated rings. The molecule has 0 spiro atoms. The lowest BCUT2D eigenvalue weighted by Gasteiger charge is -2.09. The quantitative estimate of drug-likeness (QED) is 0.573. The van der Waals surface area contributed by atoms with E-state index >= 15 is 0 Å². The molecule has 2 rings (SSSR count). The summed E-state index contributed by atoms with van der Waals surface area (Å²) in [6, 6.07) is 9.87. The molecule has 132 valence electrons. The van der Waals surface area contributed by atoms with Crippen molar-refractivity contribution in [1.29, 1.82) is 0 Å². The van der Waals surface area contributed by atoms with Gasteiger partial charge in [-0.05, 0) is 53.2 Å². The predicted octanol–water partition coefficient (Wildman–Crippen LogP) is 3.02. The molecular weight excluding hydrogens is 408 g/mol. The highest BCUT2D eigenvalue weighted by atomic mass is 79.9. The van der Waals surface area contributed by atoms with E-state index < -0.39 is 0 Å². The molecule has 0 aliphatic carbocycles. The zero-order valence-electron chi connectivity index (χ0n) is 13.4. The fourth-order valence-corrected chi connectivity index (χ4v) is 3.20. The summed E-state index contributed by atoms with van der Waals surface area (Å²) >= 11 is 4.57. The summed E-state index contributed by atoms with van der Waals surface area (Å²) in [7, 11) is 0. The number of halogens is 1. The third-order valence-corrected chi connectivity index (χ3v) is 4.57. The normalized spacial score (nSPS) is 10.0. The van der Waals surface area contributed by atoms with Crippen molar-refractivity contribution in [3.05, 3.63) is 45.1 Å². The van der Waals surface area contributed by atoms with Gasteiger partial charge in [0.2, 0.25) is 5.91 Å². The predicted molar refractivity (Wildman–Crippen MR) is 102 cm³/mol. The van der Waals surface area contributed by atoms with Crippen molar-refractivity contribution >= 4 is 56.5 Å². The first-order chi connectivity index (χ1) is 12.0. The minimum absolute atomic E-state index is 0.150. The van der Waals surface area contributed by atoms with E-state index in [-0.39, 0.29) is 24.4 Å². The molecule has 0 bridgehead atoms. The maximum absolute atomic E-state index is 12.0. The highest BCUT2D eigenvalue weighted by molar-refractivity contribution is 9.11. The van der Waals surface area contributed by atoms with Gasteiger partial charge in [-0.15, -0.1) is 11.3 Å². The number of urea groups is 1. The molecule has 0 aliphatic rings. The lowest BCUT2D eigenvalue weighted by atomic mass is 10.2. The van der Waals surface area contributed by atoms with Gasteiger partial charge in [0.1, 0.15) is 0 Å². The molecule has 1 aromatic carbocycles. The van der Waals surface area contributed by atoms with Crippen molar-refractivity contribution in [3.8, 4) is 0 Å². The third kappa shape index (κ3) is 6.20. The molecule has 4 N–H and O–H groups in total. The maximum atomic E-state index is 12.0. The fraction of sp³-hybridized carbons (Fsp3) is 0.188. The van der Waals surface area contributed by atoms with Crippen LogP contribution in [-0.2, 0) is 4.79 Å². The second kappa shape index (κ2) is 9.19. The molecule has 0 unspecified atom stereocenters. The van der Waals surface area contributed by atoms with Crippen molar-refractivity contribution in [2.75, 3.05) is 23.7 Å². The summed E-state index contributed by atoms with van der Waals surface area (Å²) in [6.45, 7) is 2.19. The molecule has 25 heavy (non-hydrogen) atoms. The van der Waals surface area contributed by atoms with E-state index in [1.165, 1.54) is 11.3 Å². The molecule has 0 radical (unpaired) electrons. The van der Waals surface area contributed by atoms with Gasteiger partial charge in [0, 0.05) is 17.9 Å². The van der Waals surface area contributed by atoms with Crippen LogP contribution in [0.15, 0.2) is 40.2 Å². The van der Waals surface area contributed by atoms with E-state index in [1.54, 1.807) is 36.4 Å². The Morgan fingerprint density at radius 3 is 2.40 bits per heavy atom. The first-order valence-corrected chi connectivity index (χ1v) is 9.07. The number of anilines is 2. The number of carbonyl (C=O) groups is 3. The molecular formula is C16H17BrN4O3S. The number of rotatable bonds is 6. The summed E-state index contributed by atoms with van der Waals surface area (Å²) < 4.78 is 0.846. The number of amides is 4. The highest BCUT2D eigenvalue weighted by Gasteiger charge is 2.10. The van der Waals surface area contributed by atoms with Gasteiger partial charge in [-0.1, -0.05) is 6.07 Å². The van der Waals surface area contributed by atoms with Crippen LogP contribution in [0, 0.1) is 0 Å². The summed E-state index contributed by atoms with van der Waals surface area (Å²) in [5.74, 6) is -0.670. The average molecular weight is 425 g/mol. The molecule has 0 saturated carbocycles. The molecule has 2 aromatic rings. The molecule has 0 atom stereocenters. The van der Waals surface area contributed by atoms with Gasteiger partial charge in [-0.3, -0.25) is 9.59 Å². The molecule has 0 saturated heterocycles. The van der Waals surface area contributed by atoms with Crippen molar-refractivity contribution in [2.45, 2.75) is 6.92 Å². The first kappa shape index (κ1) is 18.9. The lowest BCUT2D eigenvalue weighted by Crippen LogP contribution is -2.32. The fourth-order valence-electron chi connectivity index (χ4n) is 1.90. The summed E-state index contributed by atoms with van der Waals surface area (Å²) in [6.07, 6.45) is 0. The maximum Gasteiger partial charge on any atom is 0.319 e. The van der Waals surface area contributed by atoms with Gasteiger partial charge in [0.15, 0.2) is 0 Å². The SMILES string of the molecule is CCNC(=O)Nc1cccc(NC(=O)CNC(=O)c2ccc(Br)s2)c1. The summed E-state index contributed by atoms with van der Waals surface area (Å²) in [5, 5.41) is 10.5. The van der Waals surface area contributed by atoms with Crippen LogP contribution < -0.4 is 21.3 Å². The Labute approximate surface area is 157 Å². The highest BCUT2D eigenvalue weighted by Crippen LogP contribution is 2.21. The Kier molecular flexibility index (Phi) is 6.96. The Morgan fingerprint density at radius 2 is 1.76 bits per heavy atom. The van der Waals surface area contributed by atoms with E-state index in [2.05, 4.69) is 37.2 Å². The number of hydrogen-bond acceptors (Lipinski definition) is 4. The number of thiophene rings is 1. The van der Waals surface area contributed by atoms with Gasteiger partial charge < -0.3 is 21.3 Å². The van der Waals surface area contributed by atoms with Gasteiger partial charge in [0.25, 0.3) is 5.91 Å². The summed E-state index contributed by atoms with van der Waals surface area (Å²) in [4.78, 5) is 35.9. The van der Waals surface area contributed by atoms with E-state index in [9.17, 15) is 14.4 Å². The van der Waals surface area contributed by atoms with Gasteiger partial charge in [0.05, 0.1) is 15.2 Å². The number of carbonyl (C=O) groups excluding carboxylic acids is 3. The minimum Gasteiger partial charge on any atom is -0.342 e. The number of benzene rings is 1. The van der Waals surface area contributed by atoms with Crippen molar-refractivity contribution in [3.63, 3.8) is 0 Å². The Bertz CT molecular complexity index is 778. The second-order valence-electron chi connectivity index (χ2n) is 4.90. The molecule has 4 amide bonds. The monoisotopic (exact) mass is 424 g/mol. The Hall–Kier alpha value is -2.39. The molecule has 1 heterocycles. The number of nitrogens with one attached hydrogen (secondary N) is 4. The zero-order valence-corrected chi connectivity index (χ0v) is 15.8. The van der Waals surface area contributed by atoms with E-state index in [4.69, 9.17) is 0 Å².